The molecule has 1 aliphatic rings. The Balaban J connectivity index is 0.734. The first-order chi connectivity index (χ1) is 53.9. The van der Waals surface area contributed by atoms with Crippen LogP contribution in [0.15, 0.2) is 67.1 Å². The molecular formula is C77H119N21O14. The van der Waals surface area contributed by atoms with Gasteiger partial charge < -0.3 is 109 Å². The van der Waals surface area contributed by atoms with Crippen molar-refractivity contribution in [1.82, 2.24) is 34.3 Å². The second kappa shape index (κ2) is 44.7. The lowest BCUT2D eigenvalue weighted by atomic mass is 10.1. The van der Waals surface area contributed by atoms with Crippen molar-refractivity contribution in [2.24, 2.45) is 0 Å². The summed E-state index contributed by atoms with van der Waals surface area (Å²) in [5.41, 5.74) is -3.54. The average molecular weight is 1560 g/mol. The third-order valence-electron chi connectivity index (χ3n) is 20.6. The van der Waals surface area contributed by atoms with E-state index in [0.29, 0.717) is 353 Å². The second-order valence-electron chi connectivity index (χ2n) is 29.9. The fraction of sp³-hybridized carbons (Fsp3) is 0.636. The molecule has 14 N–H and O–H groups in total. The maximum Gasteiger partial charge on any atom is 0.253 e. The molecule has 0 saturated carbocycles. The van der Waals surface area contributed by atoms with E-state index in [9.17, 15) is 67.1 Å². The zero-order valence-corrected chi connectivity index (χ0v) is 66.5. The zero-order valence-electron chi connectivity index (χ0n) is 66.5. The minimum absolute atomic E-state index is 0.293. The number of hydrogen-bond acceptors (Lipinski definition) is 35. The normalized spacial score (nSPS) is 19.3. The molecule has 35 heteroatoms. The van der Waals surface area contributed by atoms with E-state index in [-0.39, 0.29) is 0 Å². The summed E-state index contributed by atoms with van der Waals surface area (Å²) in [6, 6.07) is 0. The SMILES string of the molecule is CN1CCCNc2c(c(=O)c2=O)NCCCN(C)CCCNc2c(c(=O)c2=O)NCCCN(C)CCCNc2c(c(=O)c2=O)NCCCN(C)CCCNc2c(c(=O)c2=O)NCCCN(C)CCCNc2c(c(=O)c2=O)NCCCN(C)CCCNc2c(c(=O)c2=O)NCCCN(C)CCCNc2c(c(=O)c2=O)NCCC1. The lowest BCUT2D eigenvalue weighted by Crippen LogP contribution is -2.38. The lowest BCUT2D eigenvalue weighted by molar-refractivity contribution is 0.331. The summed E-state index contributed by atoms with van der Waals surface area (Å²) in [7, 11) is 13.8. The van der Waals surface area contributed by atoms with Crippen molar-refractivity contribution in [3.8, 4) is 0 Å². The number of fused-ring (bicyclic) bond motifs is 7. The topological polar surface area (TPSA) is 430 Å². The molecule has 7 aromatic rings. The van der Waals surface area contributed by atoms with Crippen molar-refractivity contribution < 1.29 is 0 Å². The van der Waals surface area contributed by atoms with Gasteiger partial charge >= 0.3 is 0 Å². The van der Waals surface area contributed by atoms with Crippen LogP contribution < -0.4 is 150 Å². The Morgan fingerprint density at radius 1 is 0.134 bits per heavy atom. The predicted octanol–water partition coefficient (Wildman–Crippen LogP) is -1.18. The average Bonchev–Trinajstić information content (AvgIpc) is 0.832. The van der Waals surface area contributed by atoms with Gasteiger partial charge in [0.1, 0.15) is 79.6 Å². The van der Waals surface area contributed by atoms with Crippen LogP contribution in [-0.4, -0.2) is 267 Å². The molecule has 1 aliphatic heterocycles. The Morgan fingerprint density at radius 3 is 0.259 bits per heavy atom. The van der Waals surface area contributed by atoms with E-state index in [1.807, 2.05) is 49.3 Å². The highest BCUT2D eigenvalue weighted by atomic mass is 16.2. The van der Waals surface area contributed by atoms with E-state index >= 15 is 0 Å². The fourth-order valence-electron chi connectivity index (χ4n) is 13.8. The van der Waals surface area contributed by atoms with Crippen LogP contribution in [0.1, 0.15) is 89.9 Å². The molecule has 616 valence electrons. The second-order valence-corrected chi connectivity index (χ2v) is 29.9. The highest BCUT2D eigenvalue weighted by Gasteiger charge is 2.27. The first-order valence-electron chi connectivity index (χ1n) is 39.9. The molecule has 0 unspecified atom stereocenters. The smallest absolute Gasteiger partial charge is 0.253 e. The summed E-state index contributed by atoms with van der Waals surface area (Å²) in [4.78, 5) is 190. The Labute approximate surface area is 651 Å². The molecule has 0 bridgehead atoms. The van der Waals surface area contributed by atoms with Crippen molar-refractivity contribution in [3.63, 3.8) is 0 Å². The molecule has 0 amide bonds. The Bertz CT molecular complexity index is 3580. The van der Waals surface area contributed by atoms with Gasteiger partial charge in [-0.2, -0.15) is 0 Å². The quantitative estimate of drug-likeness (QED) is 0.0795. The van der Waals surface area contributed by atoms with Gasteiger partial charge in [0, 0.05) is 91.6 Å². The summed E-state index contributed by atoms with van der Waals surface area (Å²) in [5.74, 6) is 0. The maximum absolute atomic E-state index is 12.5. The van der Waals surface area contributed by atoms with Crippen molar-refractivity contribution in [2.45, 2.75) is 89.9 Å². The van der Waals surface area contributed by atoms with Crippen molar-refractivity contribution >= 4 is 79.6 Å². The minimum atomic E-state index is -0.546. The number of hydrogen-bond donors (Lipinski definition) is 14. The first-order valence-corrected chi connectivity index (χ1v) is 39.9. The molecule has 0 radical (unpaired) electrons. The third-order valence-corrected chi connectivity index (χ3v) is 20.6. The summed E-state index contributed by atoms with van der Waals surface area (Å²) in [6.45, 7) is 16.7. The van der Waals surface area contributed by atoms with Gasteiger partial charge in [-0.15, -0.1) is 0 Å². The van der Waals surface area contributed by atoms with E-state index in [1.54, 1.807) is 0 Å². The number of rotatable bonds is 0. The molecule has 0 aliphatic carbocycles. The van der Waals surface area contributed by atoms with Crippen LogP contribution in [-0.2, 0) is 0 Å². The van der Waals surface area contributed by atoms with Crippen molar-refractivity contribution in [1.29, 1.82) is 0 Å². The third kappa shape index (κ3) is 24.7. The number of anilines is 14. The van der Waals surface area contributed by atoms with Crippen LogP contribution in [0, 0.1) is 0 Å². The molecule has 0 fully saturated rings. The summed E-state index contributed by atoms with van der Waals surface area (Å²) in [6.07, 6.45) is 9.87. The monoisotopic (exact) mass is 1560 g/mol. The van der Waals surface area contributed by atoms with Crippen LogP contribution in [0.5, 0.6) is 0 Å². The van der Waals surface area contributed by atoms with Gasteiger partial charge in [0.05, 0.1) is 0 Å². The van der Waals surface area contributed by atoms with E-state index < -0.39 is 76.0 Å². The summed E-state index contributed by atoms with van der Waals surface area (Å²) >= 11 is 0. The van der Waals surface area contributed by atoms with Gasteiger partial charge in [0.15, 0.2) is 0 Å². The first kappa shape index (κ1) is 88.1. The zero-order chi connectivity index (χ0) is 80.8. The highest BCUT2D eigenvalue weighted by molar-refractivity contribution is 5.78. The fourth-order valence-corrected chi connectivity index (χ4v) is 13.8. The van der Waals surface area contributed by atoms with E-state index in [0.717, 1.165) is 0 Å². The molecular weight excluding hydrogens is 1440 g/mol. The molecule has 35 nitrogen and oxygen atoms in total. The molecule has 7 aromatic carbocycles. The highest BCUT2D eigenvalue weighted by Crippen LogP contribution is 2.21. The van der Waals surface area contributed by atoms with Crippen LogP contribution in [0.4, 0.5) is 79.6 Å². The predicted molar refractivity (Wildman–Crippen MR) is 455 cm³/mol. The minimum Gasteiger partial charge on any atom is -0.380 e. The summed E-state index contributed by atoms with van der Waals surface area (Å²) in [5, 5.41) is 43.9. The van der Waals surface area contributed by atoms with E-state index in [4.69, 9.17) is 0 Å². The molecule has 1 heterocycles. The van der Waals surface area contributed by atoms with Crippen LogP contribution in [0.25, 0.3) is 0 Å². The number of nitrogens with zero attached hydrogens (tertiary/aromatic N) is 7. The van der Waals surface area contributed by atoms with Gasteiger partial charge in [0.25, 0.3) is 76.0 Å². The standard InChI is InChI=1S/C77H119N21O14/c1-92-36-8-22-78-50-52(66(101)64(50)99)80-24-10-38-93(2)40-12-26-82-54-56(70(105)68(54)103)84-28-14-42-95(4)44-16-30-86-58-60(74(109)72(58)107)88-32-18-46-97(6)48-20-34-90-62-63(77(112)76(62)111)91-35-21-49-98(7)47-19-33-89-61-59(73(108)75(61)110)87-31-17-45-96(5)43-15-29-85-57-55(69(104)71(57)106)83-27-13-41-94(3)39-11-25-81-53-51(65(100)67(53)102)79-23-9-37-92/h78-91H,8-49H2,1-7H3. The molecule has 112 heavy (non-hydrogen) atoms. The van der Waals surface area contributed by atoms with Crippen LogP contribution in [0.3, 0.4) is 0 Å². The number of nitrogens with one attached hydrogen (secondary N) is 14. The van der Waals surface area contributed by atoms with Crippen molar-refractivity contribution in [2.75, 3.05) is 307 Å². The van der Waals surface area contributed by atoms with Gasteiger partial charge in [-0.05, 0) is 231 Å². The Kier molecular flexibility index (Phi) is 35.1. The van der Waals surface area contributed by atoms with Crippen LogP contribution in [0.2, 0.25) is 0 Å². The van der Waals surface area contributed by atoms with E-state index in [2.05, 4.69) is 109 Å². The molecule has 8 rings (SSSR count). The van der Waals surface area contributed by atoms with Crippen LogP contribution >= 0.6 is 0 Å². The largest absolute Gasteiger partial charge is 0.380 e. The van der Waals surface area contributed by atoms with Crippen molar-refractivity contribution in [3.05, 3.63) is 143 Å². The molecule has 0 saturated heterocycles. The van der Waals surface area contributed by atoms with Gasteiger partial charge in [-0.25, -0.2) is 0 Å². The lowest BCUT2D eigenvalue weighted by Gasteiger charge is -2.20. The van der Waals surface area contributed by atoms with Gasteiger partial charge in [0.2, 0.25) is 0 Å². The Hall–Kier alpha value is -9.52. The van der Waals surface area contributed by atoms with Gasteiger partial charge in [-0.1, -0.05) is 0 Å². The summed E-state index contributed by atoms with van der Waals surface area (Å²) < 4.78 is 0. The molecule has 0 atom stereocenters. The van der Waals surface area contributed by atoms with Gasteiger partial charge in [-0.3, -0.25) is 67.1 Å². The Morgan fingerprint density at radius 2 is 0.196 bits per heavy atom. The molecule has 0 aromatic heterocycles. The maximum atomic E-state index is 12.5. The molecule has 0 spiro atoms. The van der Waals surface area contributed by atoms with E-state index in [1.165, 1.54) is 0 Å².